The normalized spacial score (nSPS) is 10.6. The van der Waals surface area contributed by atoms with E-state index in [9.17, 15) is 13.2 Å². The highest BCUT2D eigenvalue weighted by molar-refractivity contribution is 7.89. The molecule has 7 heteroatoms. The molecule has 0 atom stereocenters. The van der Waals surface area contributed by atoms with Crippen LogP contribution in [-0.4, -0.2) is 27.4 Å². The van der Waals surface area contributed by atoms with Gasteiger partial charge in [0.25, 0.3) is 0 Å². The molecule has 1 aromatic rings. The maximum atomic E-state index is 11.7. The molecular weight excluding hydrogens is 254 g/mol. The number of nitrogens with zero attached hydrogens (tertiary/aromatic N) is 1. The zero-order valence-electron chi connectivity index (χ0n) is 9.59. The molecule has 0 aliphatic heterocycles. The minimum Gasteiger partial charge on any atom is -0.354 e. The molecule has 0 spiro atoms. The van der Waals surface area contributed by atoms with Crippen molar-refractivity contribution in [1.82, 2.24) is 10.0 Å². The lowest BCUT2D eigenvalue weighted by Gasteiger charge is -2.06. The second-order valence-corrected chi connectivity index (χ2v) is 5.16. The molecule has 0 heterocycles. The molecule has 0 unspecified atom stereocenters. The summed E-state index contributed by atoms with van der Waals surface area (Å²) in [4.78, 5) is 11.1. The average Bonchev–Trinajstić information content (AvgIpc) is 2.36. The molecule has 0 aromatic heterocycles. The third kappa shape index (κ3) is 4.53. The van der Waals surface area contributed by atoms with Gasteiger partial charge in [0, 0.05) is 13.1 Å². The summed E-state index contributed by atoms with van der Waals surface area (Å²) >= 11 is 0. The van der Waals surface area contributed by atoms with Crippen molar-refractivity contribution in [3.05, 3.63) is 30.3 Å². The summed E-state index contributed by atoms with van der Waals surface area (Å²) in [5, 5.41) is 10.7. The van der Waals surface area contributed by atoms with E-state index in [2.05, 4.69) is 10.0 Å². The second-order valence-electron chi connectivity index (χ2n) is 3.40. The van der Waals surface area contributed by atoms with E-state index in [0.29, 0.717) is 0 Å². The SMILES string of the molecule is N#CCC(=O)NCCNS(=O)(=O)c1ccccc1. The van der Waals surface area contributed by atoms with E-state index in [0.717, 1.165) is 0 Å². The second kappa shape index (κ2) is 6.74. The molecule has 0 radical (unpaired) electrons. The topological polar surface area (TPSA) is 99.1 Å². The molecule has 0 aliphatic carbocycles. The van der Waals surface area contributed by atoms with Crippen molar-refractivity contribution < 1.29 is 13.2 Å². The van der Waals surface area contributed by atoms with Gasteiger partial charge >= 0.3 is 0 Å². The number of hydrogen-bond acceptors (Lipinski definition) is 4. The highest BCUT2D eigenvalue weighted by Crippen LogP contribution is 2.06. The molecule has 1 rings (SSSR count). The predicted molar refractivity (Wildman–Crippen MR) is 64.9 cm³/mol. The number of carbonyl (C=O) groups is 1. The largest absolute Gasteiger partial charge is 0.354 e. The van der Waals surface area contributed by atoms with E-state index in [4.69, 9.17) is 5.26 Å². The highest BCUT2D eigenvalue weighted by atomic mass is 32.2. The molecular formula is C11H13N3O3S. The zero-order chi connectivity index (χ0) is 13.4. The standard InChI is InChI=1S/C11H13N3O3S/c12-7-6-11(15)13-8-9-14-18(16,17)10-4-2-1-3-5-10/h1-5,14H,6,8-9H2,(H,13,15). The minimum atomic E-state index is -3.54. The van der Waals surface area contributed by atoms with Gasteiger partial charge in [-0.15, -0.1) is 0 Å². The van der Waals surface area contributed by atoms with Crippen LogP contribution in [-0.2, 0) is 14.8 Å². The Kier molecular flexibility index (Phi) is 5.30. The van der Waals surface area contributed by atoms with Gasteiger partial charge in [-0.05, 0) is 12.1 Å². The molecule has 0 bridgehead atoms. The van der Waals surface area contributed by atoms with Crippen LogP contribution in [0.1, 0.15) is 6.42 Å². The lowest BCUT2D eigenvalue weighted by Crippen LogP contribution is -2.34. The molecule has 2 N–H and O–H groups in total. The van der Waals surface area contributed by atoms with Crippen molar-refractivity contribution in [3.63, 3.8) is 0 Å². The van der Waals surface area contributed by atoms with Gasteiger partial charge in [0.15, 0.2) is 0 Å². The Morgan fingerprint density at radius 3 is 2.50 bits per heavy atom. The van der Waals surface area contributed by atoms with E-state index in [1.165, 1.54) is 12.1 Å². The van der Waals surface area contributed by atoms with Crippen molar-refractivity contribution in [2.75, 3.05) is 13.1 Å². The van der Waals surface area contributed by atoms with Crippen LogP contribution >= 0.6 is 0 Å². The predicted octanol–water partition coefficient (Wildman–Crippen LogP) is -0.00522. The molecule has 1 amide bonds. The van der Waals surface area contributed by atoms with Crippen LogP contribution in [0, 0.1) is 11.3 Å². The number of rotatable bonds is 6. The van der Waals surface area contributed by atoms with Crippen molar-refractivity contribution in [2.24, 2.45) is 0 Å². The smallest absolute Gasteiger partial charge is 0.240 e. The number of nitriles is 1. The number of sulfonamides is 1. The number of nitrogens with one attached hydrogen (secondary N) is 2. The summed E-state index contributed by atoms with van der Waals surface area (Å²) in [6, 6.07) is 9.65. The molecule has 0 fully saturated rings. The summed E-state index contributed by atoms with van der Waals surface area (Å²) in [6.07, 6.45) is -0.231. The van der Waals surface area contributed by atoms with Gasteiger partial charge < -0.3 is 5.32 Å². The number of amides is 1. The fourth-order valence-corrected chi connectivity index (χ4v) is 2.26. The minimum absolute atomic E-state index is 0.0778. The Balaban J connectivity index is 2.40. The van der Waals surface area contributed by atoms with E-state index in [-0.39, 0.29) is 24.4 Å². The maximum absolute atomic E-state index is 11.7. The fourth-order valence-electron chi connectivity index (χ4n) is 1.20. The van der Waals surface area contributed by atoms with E-state index in [1.54, 1.807) is 24.3 Å². The molecule has 0 aliphatic rings. The summed E-state index contributed by atoms with van der Waals surface area (Å²) in [5.41, 5.74) is 0. The first-order valence-electron chi connectivity index (χ1n) is 5.24. The van der Waals surface area contributed by atoms with Crippen molar-refractivity contribution >= 4 is 15.9 Å². The number of hydrogen-bond donors (Lipinski definition) is 2. The fraction of sp³-hybridized carbons (Fsp3) is 0.273. The Labute approximate surface area is 106 Å². The van der Waals surface area contributed by atoms with Gasteiger partial charge in [-0.2, -0.15) is 5.26 Å². The average molecular weight is 267 g/mol. The Hall–Kier alpha value is -1.91. The van der Waals surface area contributed by atoms with Crippen molar-refractivity contribution in [1.29, 1.82) is 5.26 Å². The Morgan fingerprint density at radius 1 is 1.22 bits per heavy atom. The highest BCUT2D eigenvalue weighted by Gasteiger charge is 2.12. The third-order valence-electron chi connectivity index (χ3n) is 2.03. The molecule has 1 aromatic carbocycles. The van der Waals surface area contributed by atoms with Crippen molar-refractivity contribution in [2.45, 2.75) is 11.3 Å². The van der Waals surface area contributed by atoms with Gasteiger partial charge in [0.1, 0.15) is 6.42 Å². The van der Waals surface area contributed by atoms with Gasteiger partial charge in [0.05, 0.1) is 11.0 Å². The quantitative estimate of drug-likeness (QED) is 0.708. The summed E-state index contributed by atoms with van der Waals surface area (Å²) in [6.45, 7) is 0.223. The van der Waals surface area contributed by atoms with Crippen LogP contribution in [0.3, 0.4) is 0 Å². The first-order valence-corrected chi connectivity index (χ1v) is 6.73. The first-order chi connectivity index (χ1) is 8.56. The summed E-state index contributed by atoms with van der Waals surface area (Å²) in [7, 11) is -3.54. The third-order valence-corrected chi connectivity index (χ3v) is 3.51. The lowest BCUT2D eigenvalue weighted by molar-refractivity contribution is -0.120. The lowest BCUT2D eigenvalue weighted by atomic mass is 10.4. The summed E-state index contributed by atoms with van der Waals surface area (Å²) < 4.78 is 25.8. The molecule has 96 valence electrons. The summed E-state index contributed by atoms with van der Waals surface area (Å²) in [5.74, 6) is -0.420. The number of benzene rings is 1. The van der Waals surface area contributed by atoms with E-state index >= 15 is 0 Å². The van der Waals surface area contributed by atoms with E-state index < -0.39 is 15.9 Å². The van der Waals surface area contributed by atoms with E-state index in [1.807, 2.05) is 0 Å². The van der Waals surface area contributed by atoms with Crippen LogP contribution in [0.4, 0.5) is 0 Å². The molecule has 6 nitrogen and oxygen atoms in total. The molecule has 0 saturated carbocycles. The first kappa shape index (κ1) is 14.2. The maximum Gasteiger partial charge on any atom is 0.240 e. The van der Waals surface area contributed by atoms with Crippen LogP contribution in [0.2, 0.25) is 0 Å². The van der Waals surface area contributed by atoms with Gasteiger partial charge in [-0.1, -0.05) is 18.2 Å². The van der Waals surface area contributed by atoms with Crippen LogP contribution in [0.25, 0.3) is 0 Å². The van der Waals surface area contributed by atoms with Gasteiger partial charge in [-0.3, -0.25) is 4.79 Å². The Bertz CT molecular complexity index is 534. The van der Waals surface area contributed by atoms with Gasteiger partial charge in [0.2, 0.25) is 15.9 Å². The zero-order valence-corrected chi connectivity index (χ0v) is 10.4. The monoisotopic (exact) mass is 267 g/mol. The molecule has 18 heavy (non-hydrogen) atoms. The Morgan fingerprint density at radius 2 is 1.89 bits per heavy atom. The van der Waals surface area contributed by atoms with Crippen LogP contribution in [0.5, 0.6) is 0 Å². The molecule has 0 saturated heterocycles. The van der Waals surface area contributed by atoms with Crippen LogP contribution < -0.4 is 10.0 Å². The van der Waals surface area contributed by atoms with Crippen molar-refractivity contribution in [3.8, 4) is 6.07 Å². The number of carbonyl (C=O) groups excluding carboxylic acids is 1. The van der Waals surface area contributed by atoms with Gasteiger partial charge in [-0.25, -0.2) is 13.1 Å². The van der Waals surface area contributed by atoms with Crippen LogP contribution in [0.15, 0.2) is 35.2 Å².